The zero-order chi connectivity index (χ0) is 24.2. The third-order valence-electron chi connectivity index (χ3n) is 4.33. The van der Waals surface area contributed by atoms with Crippen molar-refractivity contribution in [1.82, 2.24) is 14.9 Å². The molecule has 10 heteroatoms. The van der Waals surface area contributed by atoms with Gasteiger partial charge in [-0.1, -0.05) is 25.3 Å². The summed E-state index contributed by atoms with van der Waals surface area (Å²) in [5.41, 5.74) is 4.43. The van der Waals surface area contributed by atoms with Crippen molar-refractivity contribution >= 4 is 18.4 Å². The van der Waals surface area contributed by atoms with Crippen LogP contribution in [0.25, 0.3) is 0 Å². The van der Waals surface area contributed by atoms with E-state index in [4.69, 9.17) is 18.9 Å². The Bertz CT molecular complexity index is 1170. The molecular formula is C24H26N6O4. The van der Waals surface area contributed by atoms with Gasteiger partial charge in [-0.2, -0.15) is 14.9 Å². The molecule has 34 heavy (non-hydrogen) atoms. The molecule has 0 aliphatic rings. The Balaban J connectivity index is 1.67. The van der Waals surface area contributed by atoms with Crippen LogP contribution in [0.15, 0.2) is 78.2 Å². The summed E-state index contributed by atoms with van der Waals surface area (Å²) in [6, 6.07) is 10.9. The molecule has 3 rings (SSSR count). The highest BCUT2D eigenvalue weighted by Crippen LogP contribution is 2.28. The molecule has 1 aromatic heterocycles. The lowest BCUT2D eigenvalue weighted by Gasteiger charge is -2.09. The molecule has 0 unspecified atom stereocenters. The summed E-state index contributed by atoms with van der Waals surface area (Å²) in [5, 5.41) is 16.4. The topological polar surface area (TPSA) is 104 Å². The van der Waals surface area contributed by atoms with E-state index in [0.29, 0.717) is 42.2 Å². The maximum atomic E-state index is 5.56. The molecule has 0 spiro atoms. The second-order valence-electron chi connectivity index (χ2n) is 6.63. The van der Waals surface area contributed by atoms with Crippen LogP contribution in [0.1, 0.15) is 11.1 Å². The van der Waals surface area contributed by atoms with Gasteiger partial charge in [0.2, 0.25) is 0 Å². The van der Waals surface area contributed by atoms with E-state index in [1.54, 1.807) is 50.9 Å². The molecule has 0 bridgehead atoms. The van der Waals surface area contributed by atoms with E-state index in [-0.39, 0.29) is 0 Å². The van der Waals surface area contributed by atoms with Crippen LogP contribution in [0.5, 0.6) is 23.0 Å². The van der Waals surface area contributed by atoms with Crippen molar-refractivity contribution in [3.63, 3.8) is 0 Å². The Labute approximate surface area is 197 Å². The third kappa shape index (κ3) is 6.45. The van der Waals surface area contributed by atoms with Crippen molar-refractivity contribution < 1.29 is 18.9 Å². The van der Waals surface area contributed by atoms with Gasteiger partial charge in [0.1, 0.15) is 19.5 Å². The molecule has 0 saturated carbocycles. The minimum Gasteiger partial charge on any atom is -0.493 e. The second-order valence-corrected chi connectivity index (χ2v) is 6.63. The maximum Gasteiger partial charge on any atom is 0.265 e. The van der Waals surface area contributed by atoms with Crippen molar-refractivity contribution in [3.8, 4) is 23.0 Å². The molecule has 1 heterocycles. The van der Waals surface area contributed by atoms with E-state index in [2.05, 4.69) is 39.0 Å². The predicted octanol–water partition coefficient (Wildman–Crippen LogP) is 3.75. The van der Waals surface area contributed by atoms with E-state index in [1.807, 2.05) is 24.3 Å². The minimum atomic E-state index is 0.336. The lowest BCUT2D eigenvalue weighted by molar-refractivity contribution is 0.326. The molecule has 0 amide bonds. The summed E-state index contributed by atoms with van der Waals surface area (Å²) in [6.07, 6.45) is 8.06. The molecule has 10 nitrogen and oxygen atoms in total. The van der Waals surface area contributed by atoms with E-state index >= 15 is 0 Å². The number of hydrogen-bond acceptors (Lipinski definition) is 9. The minimum absolute atomic E-state index is 0.336. The van der Waals surface area contributed by atoms with Gasteiger partial charge in [0.25, 0.3) is 5.95 Å². The predicted molar refractivity (Wildman–Crippen MR) is 132 cm³/mol. The van der Waals surface area contributed by atoms with Crippen LogP contribution in [0.4, 0.5) is 5.95 Å². The molecule has 2 aromatic carbocycles. The molecule has 0 saturated heterocycles. The molecule has 176 valence electrons. The van der Waals surface area contributed by atoms with Gasteiger partial charge in [-0.3, -0.25) is 0 Å². The van der Waals surface area contributed by atoms with Crippen LogP contribution >= 0.6 is 0 Å². The van der Waals surface area contributed by atoms with E-state index < -0.39 is 0 Å². The van der Waals surface area contributed by atoms with Gasteiger partial charge in [0, 0.05) is 0 Å². The van der Waals surface area contributed by atoms with Crippen molar-refractivity contribution in [1.29, 1.82) is 0 Å². The smallest absolute Gasteiger partial charge is 0.265 e. The number of nitrogens with zero attached hydrogens (tertiary/aromatic N) is 5. The SMILES string of the molecule is C=CCOc1ccc(C=NNc2nncn2N=Cc2ccc(OCC=C)c(OC)c2)cc1OC. The fourth-order valence-electron chi connectivity index (χ4n) is 2.75. The van der Waals surface area contributed by atoms with E-state index in [0.717, 1.165) is 11.1 Å². The summed E-state index contributed by atoms with van der Waals surface area (Å²) in [5.74, 6) is 2.77. The monoisotopic (exact) mass is 462 g/mol. The number of nitrogens with one attached hydrogen (secondary N) is 1. The first kappa shape index (κ1) is 24.1. The maximum absolute atomic E-state index is 5.56. The quantitative estimate of drug-likeness (QED) is 0.234. The number of ether oxygens (including phenoxy) is 4. The van der Waals surface area contributed by atoms with Crippen LogP contribution in [0, 0.1) is 0 Å². The van der Waals surface area contributed by atoms with Crippen LogP contribution in [-0.2, 0) is 0 Å². The van der Waals surface area contributed by atoms with Gasteiger partial charge in [0.15, 0.2) is 23.0 Å². The number of aromatic nitrogens is 3. The summed E-state index contributed by atoms with van der Waals surface area (Å²) >= 11 is 0. The Morgan fingerprint density at radius 2 is 1.47 bits per heavy atom. The first-order valence-corrected chi connectivity index (χ1v) is 10.3. The zero-order valence-corrected chi connectivity index (χ0v) is 19.0. The molecule has 1 N–H and O–H groups in total. The number of rotatable bonds is 13. The average molecular weight is 463 g/mol. The van der Waals surface area contributed by atoms with Crippen molar-refractivity contribution in [2.45, 2.75) is 0 Å². The van der Waals surface area contributed by atoms with Crippen molar-refractivity contribution in [2.75, 3.05) is 32.9 Å². The Hall–Kier alpha value is -4.60. The summed E-state index contributed by atoms with van der Waals surface area (Å²) in [7, 11) is 3.15. The standard InChI is InChI=1S/C24H26N6O4/c1-5-11-33-20-9-7-18(13-22(20)31-3)15-25-28-24-29-26-17-30(24)27-16-19-8-10-21(34-12-6-2)23(14-19)32-4/h5-10,13-17H,1-2,11-12H2,3-4H3,(H,28,29). The Morgan fingerprint density at radius 1 is 0.882 bits per heavy atom. The van der Waals surface area contributed by atoms with Gasteiger partial charge in [-0.05, 0) is 47.5 Å². The first-order valence-electron chi connectivity index (χ1n) is 10.3. The lowest BCUT2D eigenvalue weighted by Crippen LogP contribution is -2.00. The van der Waals surface area contributed by atoms with Gasteiger partial charge in [-0.15, -0.1) is 10.2 Å². The number of methoxy groups -OCH3 is 2. The number of hydrazone groups is 1. The van der Waals surface area contributed by atoms with Crippen molar-refractivity contribution in [2.24, 2.45) is 10.2 Å². The fraction of sp³-hybridized carbons (Fsp3) is 0.167. The van der Waals surface area contributed by atoms with Crippen LogP contribution in [0.3, 0.4) is 0 Å². The molecule has 0 atom stereocenters. The highest BCUT2D eigenvalue weighted by Gasteiger charge is 2.06. The Kier molecular flexibility index (Phi) is 8.80. The van der Waals surface area contributed by atoms with Gasteiger partial charge < -0.3 is 18.9 Å². The van der Waals surface area contributed by atoms with Crippen LogP contribution < -0.4 is 24.4 Å². The number of benzene rings is 2. The largest absolute Gasteiger partial charge is 0.493 e. The van der Waals surface area contributed by atoms with E-state index in [9.17, 15) is 0 Å². The molecular weight excluding hydrogens is 436 g/mol. The van der Waals surface area contributed by atoms with Gasteiger partial charge in [0.05, 0.1) is 26.6 Å². The van der Waals surface area contributed by atoms with E-state index in [1.165, 1.54) is 11.0 Å². The average Bonchev–Trinajstić information content (AvgIpc) is 3.32. The van der Waals surface area contributed by atoms with Crippen LogP contribution in [-0.4, -0.2) is 54.7 Å². The van der Waals surface area contributed by atoms with Gasteiger partial charge >= 0.3 is 0 Å². The fourth-order valence-corrected chi connectivity index (χ4v) is 2.75. The third-order valence-corrected chi connectivity index (χ3v) is 4.33. The number of hydrogen-bond donors (Lipinski definition) is 1. The molecule has 0 aliphatic heterocycles. The zero-order valence-electron chi connectivity index (χ0n) is 19.0. The first-order chi connectivity index (χ1) is 16.7. The molecule has 0 aliphatic carbocycles. The highest BCUT2D eigenvalue weighted by atomic mass is 16.5. The Morgan fingerprint density at radius 3 is 2.03 bits per heavy atom. The molecule has 0 radical (unpaired) electrons. The normalized spacial score (nSPS) is 10.9. The highest BCUT2D eigenvalue weighted by molar-refractivity contribution is 5.82. The summed E-state index contributed by atoms with van der Waals surface area (Å²) in [4.78, 5) is 0. The summed E-state index contributed by atoms with van der Waals surface area (Å²) in [6.45, 7) is 8.06. The lowest BCUT2D eigenvalue weighted by atomic mass is 10.2. The van der Waals surface area contributed by atoms with Crippen molar-refractivity contribution in [3.05, 3.63) is 79.2 Å². The summed E-state index contributed by atoms with van der Waals surface area (Å²) < 4.78 is 23.3. The van der Waals surface area contributed by atoms with Gasteiger partial charge in [-0.25, -0.2) is 5.43 Å². The second kappa shape index (κ2) is 12.4. The molecule has 3 aromatic rings. The van der Waals surface area contributed by atoms with Crippen LogP contribution in [0.2, 0.25) is 0 Å². The number of anilines is 1. The molecule has 0 fully saturated rings.